The summed E-state index contributed by atoms with van der Waals surface area (Å²) in [6.07, 6.45) is 2.08. The third-order valence-electron chi connectivity index (χ3n) is 3.77. The second-order valence-electron chi connectivity index (χ2n) is 5.60. The minimum Gasteiger partial charge on any atom is -0.391 e. The molecule has 0 saturated carbocycles. The molecule has 0 saturated heterocycles. The van der Waals surface area contributed by atoms with E-state index in [-0.39, 0.29) is 18.4 Å². The van der Waals surface area contributed by atoms with E-state index in [1.54, 1.807) is 6.08 Å². The van der Waals surface area contributed by atoms with Gasteiger partial charge in [-0.1, -0.05) is 66.7 Å². The summed E-state index contributed by atoms with van der Waals surface area (Å²) in [6.45, 7) is 4.07. The van der Waals surface area contributed by atoms with E-state index < -0.39 is 6.10 Å². The number of carbonyl (C=O) groups excluding carboxylic acids is 1. The van der Waals surface area contributed by atoms with Crippen molar-refractivity contribution in [3.8, 4) is 0 Å². The summed E-state index contributed by atoms with van der Waals surface area (Å²) in [6, 6.07) is 19.6. The second kappa shape index (κ2) is 8.91. The van der Waals surface area contributed by atoms with E-state index in [0.29, 0.717) is 12.8 Å². The van der Waals surface area contributed by atoms with Crippen molar-refractivity contribution in [3.63, 3.8) is 0 Å². The maximum absolute atomic E-state index is 12.1. The second-order valence-corrected chi connectivity index (χ2v) is 5.60. The molecule has 0 aliphatic heterocycles. The molecular formula is C20H23NO2. The molecule has 2 aromatic rings. The SMILES string of the molecule is C=CC(CC(=O)NCC(O)Cc1ccccc1)c1ccccc1. The average Bonchev–Trinajstić information content (AvgIpc) is 2.59. The zero-order chi connectivity index (χ0) is 16.5. The Bertz CT molecular complexity index is 610. The normalized spacial score (nSPS) is 13.1. The highest BCUT2D eigenvalue weighted by atomic mass is 16.3. The lowest BCUT2D eigenvalue weighted by Crippen LogP contribution is -2.33. The van der Waals surface area contributed by atoms with Crippen LogP contribution in [0.5, 0.6) is 0 Å². The Morgan fingerprint density at radius 1 is 1.09 bits per heavy atom. The summed E-state index contributed by atoms with van der Waals surface area (Å²) in [4.78, 5) is 12.1. The van der Waals surface area contributed by atoms with Gasteiger partial charge in [0.1, 0.15) is 0 Å². The smallest absolute Gasteiger partial charge is 0.221 e. The lowest BCUT2D eigenvalue weighted by atomic mass is 9.95. The first-order valence-corrected chi connectivity index (χ1v) is 7.85. The summed E-state index contributed by atoms with van der Waals surface area (Å²) >= 11 is 0. The van der Waals surface area contributed by atoms with Crippen LogP contribution in [-0.2, 0) is 11.2 Å². The predicted molar refractivity (Wildman–Crippen MR) is 93.2 cm³/mol. The lowest BCUT2D eigenvalue weighted by molar-refractivity contribution is -0.121. The van der Waals surface area contributed by atoms with Crippen molar-refractivity contribution in [3.05, 3.63) is 84.4 Å². The Labute approximate surface area is 137 Å². The number of aliphatic hydroxyl groups excluding tert-OH is 1. The first-order valence-electron chi connectivity index (χ1n) is 7.85. The van der Waals surface area contributed by atoms with Crippen LogP contribution >= 0.6 is 0 Å². The average molecular weight is 309 g/mol. The Kier molecular flexibility index (Phi) is 6.57. The zero-order valence-electron chi connectivity index (χ0n) is 13.2. The molecule has 2 rings (SSSR count). The maximum atomic E-state index is 12.1. The predicted octanol–water partition coefficient (Wildman–Crippen LogP) is 3.07. The first-order chi connectivity index (χ1) is 11.2. The number of hydrogen-bond acceptors (Lipinski definition) is 2. The largest absolute Gasteiger partial charge is 0.391 e. The van der Waals surface area contributed by atoms with Gasteiger partial charge < -0.3 is 10.4 Å². The molecule has 2 unspecified atom stereocenters. The highest BCUT2D eigenvalue weighted by Gasteiger charge is 2.14. The Morgan fingerprint density at radius 2 is 1.70 bits per heavy atom. The summed E-state index contributed by atoms with van der Waals surface area (Å²) in [5, 5.41) is 12.8. The van der Waals surface area contributed by atoms with E-state index in [2.05, 4.69) is 11.9 Å². The van der Waals surface area contributed by atoms with Crippen LogP contribution in [0.25, 0.3) is 0 Å². The summed E-state index contributed by atoms with van der Waals surface area (Å²) < 4.78 is 0. The van der Waals surface area contributed by atoms with Crippen molar-refractivity contribution < 1.29 is 9.90 Å². The summed E-state index contributed by atoms with van der Waals surface area (Å²) in [5.41, 5.74) is 2.13. The monoisotopic (exact) mass is 309 g/mol. The molecule has 1 amide bonds. The van der Waals surface area contributed by atoms with Gasteiger partial charge in [0.05, 0.1) is 6.10 Å². The van der Waals surface area contributed by atoms with Gasteiger partial charge in [-0.15, -0.1) is 6.58 Å². The zero-order valence-corrected chi connectivity index (χ0v) is 13.2. The van der Waals surface area contributed by atoms with Crippen molar-refractivity contribution in [2.75, 3.05) is 6.54 Å². The standard InChI is InChI=1S/C20H23NO2/c1-2-17(18-11-7-4-8-12-18)14-20(23)21-15-19(22)13-16-9-5-3-6-10-16/h2-12,17,19,22H,1,13-15H2,(H,21,23). The molecule has 0 heterocycles. The molecule has 120 valence electrons. The van der Waals surface area contributed by atoms with Crippen LogP contribution in [0.4, 0.5) is 0 Å². The molecule has 0 aromatic heterocycles. The van der Waals surface area contributed by atoms with Crippen LogP contribution in [-0.4, -0.2) is 23.7 Å². The van der Waals surface area contributed by atoms with Gasteiger partial charge in [-0.05, 0) is 11.1 Å². The first kappa shape index (κ1) is 17.0. The highest BCUT2D eigenvalue weighted by molar-refractivity contribution is 5.77. The minimum absolute atomic E-state index is 0.0116. The van der Waals surface area contributed by atoms with Crippen molar-refractivity contribution in [2.45, 2.75) is 24.9 Å². The van der Waals surface area contributed by atoms with Crippen molar-refractivity contribution in [2.24, 2.45) is 0 Å². The van der Waals surface area contributed by atoms with Gasteiger partial charge in [0.25, 0.3) is 0 Å². The molecule has 0 spiro atoms. The fraction of sp³-hybridized carbons (Fsp3) is 0.250. The van der Waals surface area contributed by atoms with Crippen molar-refractivity contribution >= 4 is 5.91 Å². The summed E-state index contributed by atoms with van der Waals surface area (Å²) in [7, 11) is 0. The Hall–Kier alpha value is -2.39. The van der Waals surface area contributed by atoms with E-state index in [0.717, 1.165) is 11.1 Å². The molecule has 0 bridgehead atoms. The van der Waals surface area contributed by atoms with Gasteiger partial charge >= 0.3 is 0 Å². The van der Waals surface area contributed by atoms with Gasteiger partial charge in [-0.25, -0.2) is 0 Å². The van der Waals surface area contributed by atoms with E-state index in [4.69, 9.17) is 0 Å². The molecule has 2 aromatic carbocycles. The van der Waals surface area contributed by atoms with E-state index >= 15 is 0 Å². The van der Waals surface area contributed by atoms with E-state index in [1.807, 2.05) is 60.7 Å². The quantitative estimate of drug-likeness (QED) is 0.736. The molecule has 0 aliphatic rings. The molecule has 0 radical (unpaired) electrons. The van der Waals surface area contributed by atoms with Crippen molar-refractivity contribution in [1.82, 2.24) is 5.32 Å². The van der Waals surface area contributed by atoms with Crippen LogP contribution < -0.4 is 5.32 Å². The molecule has 3 heteroatoms. The third-order valence-corrected chi connectivity index (χ3v) is 3.77. The molecule has 3 nitrogen and oxygen atoms in total. The topological polar surface area (TPSA) is 49.3 Å². The number of allylic oxidation sites excluding steroid dienone is 1. The number of amides is 1. The number of rotatable bonds is 8. The van der Waals surface area contributed by atoms with Gasteiger partial charge in [-0.3, -0.25) is 4.79 Å². The fourth-order valence-corrected chi connectivity index (χ4v) is 2.50. The van der Waals surface area contributed by atoms with Gasteiger partial charge in [0, 0.05) is 25.3 Å². The van der Waals surface area contributed by atoms with Gasteiger partial charge in [-0.2, -0.15) is 0 Å². The molecule has 23 heavy (non-hydrogen) atoms. The number of nitrogens with one attached hydrogen (secondary N) is 1. The van der Waals surface area contributed by atoms with Crippen LogP contribution in [0.2, 0.25) is 0 Å². The fourth-order valence-electron chi connectivity index (χ4n) is 2.50. The Morgan fingerprint density at radius 3 is 2.30 bits per heavy atom. The minimum atomic E-state index is -0.583. The van der Waals surface area contributed by atoms with Gasteiger partial charge in [0.15, 0.2) is 0 Å². The van der Waals surface area contributed by atoms with Crippen LogP contribution in [0.15, 0.2) is 73.3 Å². The maximum Gasteiger partial charge on any atom is 0.221 e. The number of carbonyl (C=O) groups is 1. The van der Waals surface area contributed by atoms with Crippen LogP contribution in [0, 0.1) is 0 Å². The molecular weight excluding hydrogens is 286 g/mol. The molecule has 2 N–H and O–H groups in total. The lowest BCUT2D eigenvalue weighted by Gasteiger charge is -2.15. The van der Waals surface area contributed by atoms with Gasteiger partial charge in [0.2, 0.25) is 5.91 Å². The molecule has 0 aliphatic carbocycles. The number of hydrogen-bond donors (Lipinski definition) is 2. The van der Waals surface area contributed by atoms with Crippen molar-refractivity contribution in [1.29, 1.82) is 0 Å². The van der Waals surface area contributed by atoms with E-state index in [1.165, 1.54) is 0 Å². The Balaban J connectivity index is 1.79. The third kappa shape index (κ3) is 5.72. The number of benzene rings is 2. The molecule has 2 atom stereocenters. The van der Waals surface area contributed by atoms with Crippen LogP contribution in [0.1, 0.15) is 23.5 Å². The highest BCUT2D eigenvalue weighted by Crippen LogP contribution is 2.20. The van der Waals surface area contributed by atoms with Crippen LogP contribution in [0.3, 0.4) is 0 Å². The number of aliphatic hydroxyl groups is 1. The molecule has 0 fully saturated rings. The summed E-state index contributed by atoms with van der Waals surface area (Å²) in [5.74, 6) is -0.0895. The van der Waals surface area contributed by atoms with E-state index in [9.17, 15) is 9.90 Å².